The van der Waals surface area contributed by atoms with E-state index < -0.39 is 0 Å². The minimum absolute atomic E-state index is 0.130. The van der Waals surface area contributed by atoms with Gasteiger partial charge >= 0.3 is 0 Å². The second-order valence-corrected chi connectivity index (χ2v) is 4.76. The van der Waals surface area contributed by atoms with Crippen molar-refractivity contribution in [1.82, 2.24) is 0 Å². The molecule has 3 rings (SSSR count). The molecule has 0 spiro atoms. The van der Waals surface area contributed by atoms with E-state index >= 15 is 0 Å². The summed E-state index contributed by atoms with van der Waals surface area (Å²) in [5, 5.41) is 5.15. The number of fused-ring (bicyclic) bond motifs is 1. The lowest BCUT2D eigenvalue weighted by Crippen LogP contribution is -2.07. The molecule has 1 amide bonds. The highest BCUT2D eigenvalue weighted by Gasteiger charge is 1.99. The molecule has 3 aromatic carbocycles. The number of benzene rings is 3. The first-order valence-corrected chi connectivity index (χ1v) is 6.85. The lowest BCUT2D eigenvalue weighted by Gasteiger charge is -2.03. The third kappa shape index (κ3) is 3.18. The van der Waals surface area contributed by atoms with Gasteiger partial charge in [0.1, 0.15) is 0 Å². The Morgan fingerprint density at radius 3 is 2.38 bits per heavy atom. The molecule has 0 saturated carbocycles. The van der Waals surface area contributed by atoms with E-state index in [2.05, 4.69) is 23.5 Å². The van der Waals surface area contributed by atoms with E-state index in [-0.39, 0.29) is 5.91 Å². The predicted octanol–water partition coefficient (Wildman–Crippen LogP) is 4.49. The Kier molecular flexibility index (Phi) is 3.79. The number of hydrogen-bond donors (Lipinski definition) is 1. The van der Waals surface area contributed by atoms with E-state index in [0.29, 0.717) is 0 Å². The molecule has 0 fully saturated rings. The molecule has 2 heteroatoms. The van der Waals surface area contributed by atoms with Crippen LogP contribution < -0.4 is 5.32 Å². The molecule has 2 nitrogen and oxygen atoms in total. The Bertz CT molecular complexity index is 786. The van der Waals surface area contributed by atoms with Crippen LogP contribution >= 0.6 is 0 Å². The SMILES string of the molecule is O=C(/C=C\c1cccc2ccccc12)Nc1ccccc1. The molecule has 0 unspecified atom stereocenters. The third-order valence-corrected chi connectivity index (χ3v) is 3.28. The first-order valence-electron chi connectivity index (χ1n) is 6.85. The fourth-order valence-corrected chi connectivity index (χ4v) is 2.27. The summed E-state index contributed by atoms with van der Waals surface area (Å²) < 4.78 is 0. The first kappa shape index (κ1) is 13.1. The zero-order chi connectivity index (χ0) is 14.5. The van der Waals surface area contributed by atoms with Gasteiger partial charge < -0.3 is 5.32 Å². The number of nitrogens with one attached hydrogen (secondary N) is 1. The Morgan fingerprint density at radius 1 is 0.810 bits per heavy atom. The van der Waals surface area contributed by atoms with Crippen LogP contribution in [0.3, 0.4) is 0 Å². The second kappa shape index (κ2) is 6.06. The molecule has 0 heterocycles. The van der Waals surface area contributed by atoms with Crippen molar-refractivity contribution < 1.29 is 4.79 Å². The van der Waals surface area contributed by atoms with Gasteiger partial charge in [-0.25, -0.2) is 0 Å². The monoisotopic (exact) mass is 273 g/mol. The van der Waals surface area contributed by atoms with Crippen LogP contribution in [0.4, 0.5) is 5.69 Å². The van der Waals surface area contributed by atoms with Crippen molar-refractivity contribution in [1.29, 1.82) is 0 Å². The lowest BCUT2D eigenvalue weighted by molar-refractivity contribution is -0.111. The largest absolute Gasteiger partial charge is 0.323 e. The van der Waals surface area contributed by atoms with Crippen molar-refractivity contribution in [3.8, 4) is 0 Å². The van der Waals surface area contributed by atoms with Gasteiger partial charge in [0.2, 0.25) is 5.91 Å². The molecule has 0 radical (unpaired) electrons. The van der Waals surface area contributed by atoms with Gasteiger partial charge in [0.25, 0.3) is 0 Å². The molecule has 102 valence electrons. The molecule has 0 aliphatic heterocycles. The van der Waals surface area contributed by atoms with Gasteiger partial charge in [-0.15, -0.1) is 0 Å². The Labute approximate surface area is 123 Å². The quantitative estimate of drug-likeness (QED) is 0.700. The number of anilines is 1. The fourth-order valence-electron chi connectivity index (χ4n) is 2.27. The van der Waals surface area contributed by atoms with Crippen LogP contribution in [0.25, 0.3) is 16.8 Å². The minimum Gasteiger partial charge on any atom is -0.323 e. The number of rotatable bonds is 3. The highest BCUT2D eigenvalue weighted by Crippen LogP contribution is 2.19. The zero-order valence-corrected chi connectivity index (χ0v) is 11.5. The van der Waals surface area contributed by atoms with E-state index in [1.807, 2.05) is 60.7 Å². The van der Waals surface area contributed by atoms with Crippen molar-refractivity contribution >= 4 is 28.4 Å². The van der Waals surface area contributed by atoms with E-state index in [4.69, 9.17) is 0 Å². The minimum atomic E-state index is -0.130. The highest BCUT2D eigenvalue weighted by atomic mass is 16.1. The third-order valence-electron chi connectivity index (χ3n) is 3.28. The maximum absolute atomic E-state index is 11.9. The average molecular weight is 273 g/mol. The molecule has 0 saturated heterocycles. The molecule has 3 aromatic rings. The van der Waals surface area contributed by atoms with Gasteiger partial charge in [0, 0.05) is 11.8 Å². The molecule has 21 heavy (non-hydrogen) atoms. The van der Waals surface area contributed by atoms with E-state index in [0.717, 1.165) is 16.6 Å². The summed E-state index contributed by atoms with van der Waals surface area (Å²) in [5.41, 5.74) is 1.83. The molecule has 1 N–H and O–H groups in total. The van der Waals surface area contributed by atoms with Crippen LogP contribution in [0.15, 0.2) is 78.9 Å². The predicted molar refractivity (Wildman–Crippen MR) is 88.1 cm³/mol. The molecule has 0 bridgehead atoms. The average Bonchev–Trinajstić information content (AvgIpc) is 2.54. The molecule has 0 aliphatic rings. The summed E-state index contributed by atoms with van der Waals surface area (Å²) in [7, 11) is 0. The summed E-state index contributed by atoms with van der Waals surface area (Å²) in [6.07, 6.45) is 3.41. The first-order chi connectivity index (χ1) is 10.3. The molecule has 0 aliphatic carbocycles. The van der Waals surface area contributed by atoms with Gasteiger partial charge in [-0.05, 0) is 34.5 Å². The topological polar surface area (TPSA) is 29.1 Å². The van der Waals surface area contributed by atoms with E-state index in [1.165, 1.54) is 5.39 Å². The summed E-state index contributed by atoms with van der Waals surface area (Å²) in [6.45, 7) is 0. The van der Waals surface area contributed by atoms with Crippen LogP contribution in [0, 0.1) is 0 Å². The van der Waals surface area contributed by atoms with Crippen molar-refractivity contribution in [3.05, 3.63) is 84.4 Å². The summed E-state index contributed by atoms with van der Waals surface area (Å²) in [4.78, 5) is 11.9. The second-order valence-electron chi connectivity index (χ2n) is 4.76. The Hall–Kier alpha value is -2.87. The molecular weight excluding hydrogens is 258 g/mol. The van der Waals surface area contributed by atoms with E-state index in [9.17, 15) is 4.79 Å². The van der Waals surface area contributed by atoms with E-state index in [1.54, 1.807) is 6.08 Å². The van der Waals surface area contributed by atoms with Crippen molar-refractivity contribution in [2.75, 3.05) is 5.32 Å². The van der Waals surface area contributed by atoms with Crippen molar-refractivity contribution in [2.24, 2.45) is 0 Å². The van der Waals surface area contributed by atoms with Crippen molar-refractivity contribution in [3.63, 3.8) is 0 Å². The van der Waals surface area contributed by atoms with Crippen LogP contribution in [-0.2, 0) is 4.79 Å². The maximum atomic E-state index is 11.9. The normalized spacial score (nSPS) is 10.9. The zero-order valence-electron chi connectivity index (χ0n) is 11.5. The summed E-state index contributed by atoms with van der Waals surface area (Å²) in [6, 6.07) is 23.6. The Morgan fingerprint density at radius 2 is 1.52 bits per heavy atom. The fraction of sp³-hybridized carbons (Fsp3) is 0. The molecular formula is C19H15NO. The van der Waals surface area contributed by atoms with Crippen LogP contribution in [0.5, 0.6) is 0 Å². The van der Waals surface area contributed by atoms with Crippen LogP contribution in [0.2, 0.25) is 0 Å². The number of para-hydroxylation sites is 1. The summed E-state index contributed by atoms with van der Waals surface area (Å²) >= 11 is 0. The number of carbonyl (C=O) groups excluding carboxylic acids is 1. The van der Waals surface area contributed by atoms with Gasteiger partial charge in [0.05, 0.1) is 0 Å². The standard InChI is InChI=1S/C19H15NO/c21-19(20-17-10-2-1-3-11-17)14-13-16-9-6-8-15-7-4-5-12-18(15)16/h1-14H,(H,20,21)/b14-13-. The number of carbonyl (C=O) groups is 1. The van der Waals surface area contributed by atoms with Crippen molar-refractivity contribution in [2.45, 2.75) is 0 Å². The number of amides is 1. The van der Waals surface area contributed by atoms with Crippen LogP contribution in [0.1, 0.15) is 5.56 Å². The molecule has 0 atom stereocenters. The smallest absolute Gasteiger partial charge is 0.248 e. The molecule has 0 aromatic heterocycles. The van der Waals surface area contributed by atoms with Gasteiger partial charge in [0.15, 0.2) is 0 Å². The lowest BCUT2D eigenvalue weighted by atomic mass is 10.0. The Balaban J connectivity index is 1.80. The van der Waals surface area contributed by atoms with Crippen LogP contribution in [-0.4, -0.2) is 5.91 Å². The van der Waals surface area contributed by atoms with Gasteiger partial charge in [-0.2, -0.15) is 0 Å². The summed E-state index contributed by atoms with van der Waals surface area (Å²) in [5.74, 6) is -0.130. The van der Waals surface area contributed by atoms with Gasteiger partial charge in [-0.1, -0.05) is 60.7 Å². The highest BCUT2D eigenvalue weighted by molar-refractivity contribution is 6.03. The van der Waals surface area contributed by atoms with Gasteiger partial charge in [-0.3, -0.25) is 4.79 Å². The maximum Gasteiger partial charge on any atom is 0.248 e. The number of hydrogen-bond acceptors (Lipinski definition) is 1.